The molecule has 0 amide bonds. The van der Waals surface area contributed by atoms with Gasteiger partial charge in [-0.05, 0) is 55.7 Å². The first-order valence-electron chi connectivity index (χ1n) is 12.8. The zero-order valence-electron chi connectivity index (χ0n) is 21.9. The molecule has 4 rings (SSSR count). The Morgan fingerprint density at radius 2 is 1.92 bits per heavy atom. The lowest BCUT2D eigenvalue weighted by molar-refractivity contribution is 0.318. The average Bonchev–Trinajstić information content (AvgIpc) is 3.22. The van der Waals surface area contributed by atoms with Crippen molar-refractivity contribution >= 4 is 34.1 Å². The summed E-state index contributed by atoms with van der Waals surface area (Å²) < 4.78 is 7.70. The zero-order chi connectivity index (χ0) is 26.4. The van der Waals surface area contributed by atoms with Gasteiger partial charge in [-0.25, -0.2) is 4.98 Å². The topological polar surface area (TPSA) is 88.1 Å². The third-order valence-corrected chi connectivity index (χ3v) is 6.36. The van der Waals surface area contributed by atoms with E-state index in [1.165, 1.54) is 0 Å². The Hall–Kier alpha value is -3.72. The van der Waals surface area contributed by atoms with Crippen LogP contribution in [0.5, 0.6) is 5.75 Å². The largest absolute Gasteiger partial charge is 0.493 e. The second kappa shape index (κ2) is 12.0. The van der Waals surface area contributed by atoms with Crippen molar-refractivity contribution in [3.8, 4) is 17.1 Å². The van der Waals surface area contributed by atoms with E-state index < -0.39 is 0 Å². The SMILES string of the molecule is CCCOc1ccc(N(Cc2ccccc2)C(=S)NCC)cc1-c1nc2c(CCC)nn(C)c2c(=O)[nH]1. The van der Waals surface area contributed by atoms with Gasteiger partial charge in [0, 0.05) is 19.3 Å². The normalized spacial score (nSPS) is 11.0. The number of aromatic amines is 1. The van der Waals surface area contributed by atoms with Crippen LogP contribution in [0, 0.1) is 0 Å². The van der Waals surface area contributed by atoms with Crippen molar-refractivity contribution in [2.24, 2.45) is 7.05 Å². The summed E-state index contributed by atoms with van der Waals surface area (Å²) in [7, 11) is 1.78. The third kappa shape index (κ3) is 5.83. The van der Waals surface area contributed by atoms with Crippen molar-refractivity contribution in [1.82, 2.24) is 25.1 Å². The molecule has 0 atom stereocenters. The Kier molecular flexibility index (Phi) is 8.55. The van der Waals surface area contributed by atoms with Crippen molar-refractivity contribution in [3.05, 3.63) is 70.1 Å². The van der Waals surface area contributed by atoms with Crippen molar-refractivity contribution in [2.45, 2.75) is 46.6 Å². The summed E-state index contributed by atoms with van der Waals surface area (Å²) in [6.07, 6.45) is 2.51. The standard InChI is InChI=1S/C28H34N6O2S/c1-5-11-22-24-25(33(4)32-22)27(35)31-26(30-24)21-17-20(14-15-23(21)36-16-6-2)34(28(37)29-7-3)18-19-12-9-8-10-13-19/h8-10,12-15,17H,5-7,11,16,18H2,1-4H3,(H,29,37)(H,30,31,35). The van der Waals surface area contributed by atoms with E-state index in [1.807, 2.05) is 48.2 Å². The number of thiocarbonyl (C=S) groups is 1. The fourth-order valence-electron chi connectivity index (χ4n) is 4.28. The van der Waals surface area contributed by atoms with Gasteiger partial charge in [-0.1, -0.05) is 50.6 Å². The molecule has 8 nitrogen and oxygen atoms in total. The molecule has 0 bridgehead atoms. The Bertz CT molecular complexity index is 1430. The molecular formula is C28H34N6O2S. The van der Waals surface area contributed by atoms with Gasteiger partial charge >= 0.3 is 0 Å². The molecule has 2 aromatic heterocycles. The van der Waals surface area contributed by atoms with Crippen LogP contribution in [0.25, 0.3) is 22.4 Å². The van der Waals surface area contributed by atoms with Gasteiger partial charge in [-0.3, -0.25) is 9.48 Å². The number of H-pyrrole nitrogens is 1. The average molecular weight is 519 g/mol. The smallest absolute Gasteiger partial charge is 0.277 e. The van der Waals surface area contributed by atoms with E-state index in [2.05, 4.69) is 41.4 Å². The van der Waals surface area contributed by atoms with E-state index in [-0.39, 0.29) is 5.56 Å². The molecule has 0 aliphatic heterocycles. The van der Waals surface area contributed by atoms with Crippen LogP contribution < -0.4 is 20.5 Å². The maximum Gasteiger partial charge on any atom is 0.277 e. The highest BCUT2D eigenvalue weighted by Gasteiger charge is 2.20. The fraction of sp³-hybridized carbons (Fsp3) is 0.357. The number of nitrogens with zero attached hydrogens (tertiary/aromatic N) is 4. The molecule has 0 aliphatic rings. The number of hydrogen-bond acceptors (Lipinski definition) is 5. The van der Waals surface area contributed by atoms with Gasteiger partial charge in [-0.15, -0.1) is 0 Å². The summed E-state index contributed by atoms with van der Waals surface area (Å²) >= 11 is 5.75. The molecule has 194 valence electrons. The van der Waals surface area contributed by atoms with E-state index in [0.29, 0.717) is 53.0 Å². The van der Waals surface area contributed by atoms with Gasteiger partial charge in [0.2, 0.25) is 0 Å². The summed E-state index contributed by atoms with van der Waals surface area (Å²) in [6, 6.07) is 16.1. The van der Waals surface area contributed by atoms with Crippen molar-refractivity contribution in [3.63, 3.8) is 0 Å². The second-order valence-corrected chi connectivity index (χ2v) is 9.25. The summed E-state index contributed by atoms with van der Waals surface area (Å²) in [5.74, 6) is 1.10. The van der Waals surface area contributed by atoms with Crippen LogP contribution >= 0.6 is 12.2 Å². The monoisotopic (exact) mass is 518 g/mol. The lowest BCUT2D eigenvalue weighted by atomic mass is 10.1. The van der Waals surface area contributed by atoms with Crippen LogP contribution in [0.1, 0.15) is 44.9 Å². The molecule has 37 heavy (non-hydrogen) atoms. The summed E-state index contributed by atoms with van der Waals surface area (Å²) in [5, 5.41) is 8.44. The summed E-state index contributed by atoms with van der Waals surface area (Å²) in [4.78, 5) is 23.1. The number of fused-ring (bicyclic) bond motifs is 1. The van der Waals surface area contributed by atoms with E-state index in [0.717, 1.165) is 36.2 Å². The highest BCUT2D eigenvalue weighted by Crippen LogP contribution is 2.33. The number of aromatic nitrogens is 4. The second-order valence-electron chi connectivity index (χ2n) is 8.87. The van der Waals surface area contributed by atoms with Crippen LogP contribution in [0.15, 0.2) is 53.3 Å². The van der Waals surface area contributed by atoms with Crippen LogP contribution in [0.4, 0.5) is 5.69 Å². The molecule has 0 aliphatic carbocycles. The van der Waals surface area contributed by atoms with Crippen molar-refractivity contribution < 1.29 is 4.74 Å². The van der Waals surface area contributed by atoms with Crippen LogP contribution in [0.3, 0.4) is 0 Å². The number of nitrogens with one attached hydrogen (secondary N) is 2. The van der Waals surface area contributed by atoms with Gasteiger partial charge < -0.3 is 19.9 Å². The van der Waals surface area contributed by atoms with Crippen LogP contribution in [0.2, 0.25) is 0 Å². The Morgan fingerprint density at radius 3 is 2.62 bits per heavy atom. The van der Waals surface area contributed by atoms with Gasteiger partial charge in [0.05, 0.1) is 24.4 Å². The highest BCUT2D eigenvalue weighted by atomic mass is 32.1. The molecule has 2 N–H and O–H groups in total. The van der Waals surface area contributed by atoms with E-state index in [4.69, 9.17) is 21.9 Å². The predicted octanol–water partition coefficient (Wildman–Crippen LogP) is 4.97. The minimum Gasteiger partial charge on any atom is -0.493 e. The molecule has 0 unspecified atom stereocenters. The minimum atomic E-state index is -0.228. The number of anilines is 1. The third-order valence-electron chi connectivity index (χ3n) is 6.00. The van der Waals surface area contributed by atoms with E-state index in [9.17, 15) is 4.79 Å². The molecular weight excluding hydrogens is 484 g/mol. The minimum absolute atomic E-state index is 0.228. The van der Waals surface area contributed by atoms with Crippen molar-refractivity contribution in [1.29, 1.82) is 0 Å². The van der Waals surface area contributed by atoms with Gasteiger partial charge in [0.15, 0.2) is 10.6 Å². The van der Waals surface area contributed by atoms with E-state index >= 15 is 0 Å². The maximum absolute atomic E-state index is 13.2. The quantitative estimate of drug-likeness (QED) is 0.287. The first-order chi connectivity index (χ1) is 18.0. The molecule has 0 fully saturated rings. The lowest BCUT2D eigenvalue weighted by Crippen LogP contribution is -2.39. The zero-order valence-corrected chi connectivity index (χ0v) is 22.7. The number of aryl methyl sites for hydroxylation is 2. The predicted molar refractivity (Wildman–Crippen MR) is 153 cm³/mol. The molecule has 2 aromatic carbocycles. The number of hydrogen-bond donors (Lipinski definition) is 2. The number of rotatable bonds is 10. The molecule has 0 spiro atoms. The first kappa shape index (κ1) is 26.3. The summed E-state index contributed by atoms with van der Waals surface area (Å²) in [5.41, 5.74) is 4.39. The molecule has 4 aromatic rings. The molecule has 9 heteroatoms. The van der Waals surface area contributed by atoms with Gasteiger partial charge in [0.25, 0.3) is 5.56 Å². The number of ether oxygens (including phenoxy) is 1. The van der Waals surface area contributed by atoms with Gasteiger partial charge in [-0.2, -0.15) is 5.10 Å². The first-order valence-corrected chi connectivity index (χ1v) is 13.2. The van der Waals surface area contributed by atoms with Crippen molar-refractivity contribution in [2.75, 3.05) is 18.1 Å². The summed E-state index contributed by atoms with van der Waals surface area (Å²) in [6.45, 7) is 8.02. The molecule has 0 saturated heterocycles. The van der Waals surface area contributed by atoms with Gasteiger partial charge in [0.1, 0.15) is 17.1 Å². The van der Waals surface area contributed by atoms with Crippen LogP contribution in [-0.2, 0) is 20.0 Å². The maximum atomic E-state index is 13.2. The highest BCUT2D eigenvalue weighted by molar-refractivity contribution is 7.80. The Labute approximate surface area is 222 Å². The Morgan fingerprint density at radius 1 is 1.14 bits per heavy atom. The molecule has 2 heterocycles. The molecule has 0 radical (unpaired) electrons. The Balaban J connectivity index is 1.86. The van der Waals surface area contributed by atoms with Crippen LogP contribution in [-0.4, -0.2) is 38.0 Å². The van der Waals surface area contributed by atoms with E-state index in [1.54, 1.807) is 11.7 Å². The lowest BCUT2D eigenvalue weighted by Gasteiger charge is -2.27. The fourth-order valence-corrected chi connectivity index (χ4v) is 4.60. The molecule has 0 saturated carbocycles. The number of benzene rings is 2.